The van der Waals surface area contributed by atoms with E-state index in [0.717, 1.165) is 67.6 Å². The number of piperazine rings is 1. The summed E-state index contributed by atoms with van der Waals surface area (Å²) in [5.74, 6) is 0.794. The van der Waals surface area contributed by atoms with Gasteiger partial charge >= 0.3 is 0 Å². The molecule has 4 heterocycles. The Balaban J connectivity index is 1.19. The number of carbonyl (C=O) groups excluding carboxylic acids is 1. The van der Waals surface area contributed by atoms with Crippen molar-refractivity contribution in [1.82, 2.24) is 24.3 Å². The lowest BCUT2D eigenvalue weighted by Gasteiger charge is -2.43. The zero-order valence-corrected chi connectivity index (χ0v) is 24.4. The highest BCUT2D eigenvalue weighted by molar-refractivity contribution is 6.01. The molecule has 0 aliphatic carbocycles. The van der Waals surface area contributed by atoms with Gasteiger partial charge in [0.2, 0.25) is 5.91 Å². The van der Waals surface area contributed by atoms with Gasteiger partial charge in [-0.1, -0.05) is 6.58 Å². The number of hydrogen-bond donors (Lipinski definition) is 2. The fourth-order valence-corrected chi connectivity index (χ4v) is 5.97. The summed E-state index contributed by atoms with van der Waals surface area (Å²) in [6.45, 7) is 9.78. The molecule has 43 heavy (non-hydrogen) atoms. The van der Waals surface area contributed by atoms with Crippen LogP contribution in [0.3, 0.4) is 0 Å². The number of likely N-dealkylation sites (tertiary alicyclic amines) is 1. The van der Waals surface area contributed by atoms with Crippen LogP contribution in [0.1, 0.15) is 12.8 Å². The van der Waals surface area contributed by atoms with Gasteiger partial charge in [0.25, 0.3) is 0 Å². The first-order chi connectivity index (χ1) is 21.0. The average Bonchev–Trinajstić information content (AvgIpc) is 3.52. The molecule has 6 rings (SSSR count). The first kappa shape index (κ1) is 28.6. The smallest absolute Gasteiger partial charge is 0.247 e. The Morgan fingerprint density at radius 3 is 2.47 bits per heavy atom. The molecule has 0 unspecified atom stereocenters. The van der Waals surface area contributed by atoms with Crippen molar-refractivity contribution in [3.05, 3.63) is 91.7 Å². The number of hydrogen-bond acceptors (Lipinski definition) is 7. The summed E-state index contributed by atoms with van der Waals surface area (Å²) in [6, 6.07) is 16.8. The number of imidazole rings is 1. The van der Waals surface area contributed by atoms with E-state index in [1.807, 2.05) is 35.0 Å². The number of piperidine rings is 1. The fraction of sp³-hybridized carbons (Fsp3) is 0.303. The molecule has 2 saturated heterocycles. The number of pyridine rings is 1. The minimum Gasteiger partial charge on any atom is -0.367 e. The Labute approximate surface area is 251 Å². The molecule has 0 radical (unpaired) electrons. The average molecular weight is 581 g/mol. The van der Waals surface area contributed by atoms with Crippen LogP contribution in [0.2, 0.25) is 0 Å². The normalized spacial score (nSPS) is 16.7. The van der Waals surface area contributed by atoms with E-state index in [2.05, 4.69) is 55.0 Å². The highest BCUT2D eigenvalue weighted by Gasteiger charge is 2.27. The molecule has 0 saturated carbocycles. The summed E-state index contributed by atoms with van der Waals surface area (Å²) < 4.78 is 15.4. The molecule has 0 atom stereocenters. The van der Waals surface area contributed by atoms with Gasteiger partial charge in [-0.05, 0) is 87.6 Å². The highest BCUT2D eigenvalue weighted by atomic mass is 19.1. The molecule has 1 amide bonds. The summed E-state index contributed by atoms with van der Waals surface area (Å²) >= 11 is 0. The molecule has 0 spiro atoms. The third kappa shape index (κ3) is 6.60. The summed E-state index contributed by atoms with van der Waals surface area (Å²) in [6.07, 6.45) is 9.04. The van der Waals surface area contributed by atoms with Crippen LogP contribution in [-0.2, 0) is 4.79 Å². The predicted octanol–water partition coefficient (Wildman–Crippen LogP) is 5.16. The number of rotatable bonds is 8. The van der Waals surface area contributed by atoms with Crippen LogP contribution >= 0.6 is 0 Å². The van der Waals surface area contributed by atoms with Crippen LogP contribution in [-0.4, -0.2) is 82.6 Å². The van der Waals surface area contributed by atoms with Crippen LogP contribution in [0.15, 0.2) is 85.8 Å². The molecule has 2 aromatic carbocycles. The maximum absolute atomic E-state index is 13.5. The molecule has 9 nitrogen and oxygen atoms in total. The maximum atomic E-state index is 13.5. The summed E-state index contributed by atoms with van der Waals surface area (Å²) in [5, 5.41) is 6.40. The van der Waals surface area contributed by atoms with Crippen molar-refractivity contribution in [3.63, 3.8) is 0 Å². The number of anilines is 4. The van der Waals surface area contributed by atoms with E-state index in [1.165, 1.54) is 31.1 Å². The summed E-state index contributed by atoms with van der Waals surface area (Å²) in [5.41, 5.74) is 4.18. The van der Waals surface area contributed by atoms with Gasteiger partial charge in [-0.25, -0.2) is 14.4 Å². The quantitative estimate of drug-likeness (QED) is 0.279. The van der Waals surface area contributed by atoms with Crippen molar-refractivity contribution in [2.75, 3.05) is 61.8 Å². The molecular formula is C33H37FN8O. The van der Waals surface area contributed by atoms with Crippen molar-refractivity contribution in [3.8, 4) is 17.1 Å². The van der Waals surface area contributed by atoms with Gasteiger partial charge in [0.1, 0.15) is 17.5 Å². The third-order valence-corrected chi connectivity index (χ3v) is 8.34. The van der Waals surface area contributed by atoms with Crippen LogP contribution < -0.4 is 15.5 Å². The molecule has 2 aliphatic heterocycles. The minimum absolute atomic E-state index is 0.253. The molecular weight excluding hydrogens is 543 g/mol. The van der Waals surface area contributed by atoms with Gasteiger partial charge in [-0.15, -0.1) is 0 Å². The van der Waals surface area contributed by atoms with Crippen LogP contribution in [0.4, 0.5) is 27.3 Å². The minimum atomic E-state index is -0.290. The molecule has 2 fully saturated rings. The first-order valence-electron chi connectivity index (χ1n) is 14.7. The highest BCUT2D eigenvalue weighted by Crippen LogP contribution is 2.32. The Bertz CT molecular complexity index is 1570. The van der Waals surface area contributed by atoms with E-state index in [9.17, 15) is 9.18 Å². The number of halogens is 1. The monoisotopic (exact) mass is 580 g/mol. The number of carbonyl (C=O) groups is 1. The van der Waals surface area contributed by atoms with Crippen molar-refractivity contribution >= 4 is 28.8 Å². The maximum Gasteiger partial charge on any atom is 0.247 e. The lowest BCUT2D eigenvalue weighted by atomic mass is 10.0. The van der Waals surface area contributed by atoms with E-state index < -0.39 is 0 Å². The number of nitrogens with one attached hydrogen (secondary N) is 2. The van der Waals surface area contributed by atoms with E-state index in [4.69, 9.17) is 0 Å². The van der Waals surface area contributed by atoms with Gasteiger partial charge < -0.3 is 20.4 Å². The molecule has 222 valence electrons. The van der Waals surface area contributed by atoms with E-state index in [1.54, 1.807) is 24.5 Å². The molecule has 2 aliphatic rings. The SMILES string of the molecule is C=CC(=O)Nc1cc(Nc2cc(-n3ccnc3-c3ccc(F)cc3)ccn2)ccc1N1CCN(C2CCN(C)CC2)CC1. The molecule has 10 heteroatoms. The van der Waals surface area contributed by atoms with Crippen molar-refractivity contribution in [2.24, 2.45) is 0 Å². The van der Waals surface area contributed by atoms with Crippen LogP contribution in [0.5, 0.6) is 0 Å². The topological polar surface area (TPSA) is 81.6 Å². The number of benzene rings is 2. The van der Waals surface area contributed by atoms with E-state index in [0.29, 0.717) is 17.7 Å². The van der Waals surface area contributed by atoms with Gasteiger partial charge in [0.05, 0.1) is 17.1 Å². The first-order valence-corrected chi connectivity index (χ1v) is 14.7. The van der Waals surface area contributed by atoms with Crippen LogP contribution in [0, 0.1) is 5.82 Å². The predicted molar refractivity (Wildman–Crippen MR) is 170 cm³/mol. The molecule has 2 N–H and O–H groups in total. The Kier molecular flexibility index (Phi) is 8.48. The molecule has 4 aromatic rings. The van der Waals surface area contributed by atoms with Gasteiger partial charge in [0, 0.05) is 68.1 Å². The largest absolute Gasteiger partial charge is 0.367 e. The van der Waals surface area contributed by atoms with E-state index >= 15 is 0 Å². The van der Waals surface area contributed by atoms with Crippen molar-refractivity contribution in [1.29, 1.82) is 0 Å². The zero-order valence-electron chi connectivity index (χ0n) is 24.4. The molecule has 2 aromatic heterocycles. The zero-order chi connectivity index (χ0) is 29.8. The Hall–Kier alpha value is -4.54. The lowest BCUT2D eigenvalue weighted by molar-refractivity contribution is -0.111. The lowest BCUT2D eigenvalue weighted by Crippen LogP contribution is -2.53. The third-order valence-electron chi connectivity index (χ3n) is 8.34. The number of nitrogens with zero attached hydrogens (tertiary/aromatic N) is 6. The second-order valence-corrected chi connectivity index (χ2v) is 11.1. The summed E-state index contributed by atoms with van der Waals surface area (Å²) in [4.78, 5) is 28.8. The summed E-state index contributed by atoms with van der Waals surface area (Å²) in [7, 11) is 2.20. The standard InChI is InChI=1S/C33H37FN8O/c1-3-32(43)38-29-22-26(8-9-30(29)41-20-18-40(19-21-41)27-11-15-39(2)16-12-27)37-31-23-28(10-13-35-31)42-17-14-36-33(42)24-4-6-25(34)7-5-24/h3-10,13-14,17,22-23,27H,1,11-12,15-16,18-21H2,2H3,(H,35,37)(H,38,43). The van der Waals surface area contributed by atoms with Gasteiger partial charge in [-0.3, -0.25) is 14.3 Å². The van der Waals surface area contributed by atoms with Crippen molar-refractivity contribution < 1.29 is 9.18 Å². The van der Waals surface area contributed by atoms with E-state index in [-0.39, 0.29) is 11.7 Å². The van der Waals surface area contributed by atoms with Gasteiger partial charge in [-0.2, -0.15) is 0 Å². The Morgan fingerprint density at radius 2 is 1.72 bits per heavy atom. The fourth-order valence-electron chi connectivity index (χ4n) is 5.97. The van der Waals surface area contributed by atoms with Gasteiger partial charge in [0.15, 0.2) is 0 Å². The second kappa shape index (κ2) is 12.8. The number of amides is 1. The molecule has 0 bridgehead atoms. The second-order valence-electron chi connectivity index (χ2n) is 11.1. The van der Waals surface area contributed by atoms with Crippen LogP contribution in [0.25, 0.3) is 17.1 Å². The Morgan fingerprint density at radius 1 is 0.953 bits per heavy atom. The van der Waals surface area contributed by atoms with Crippen molar-refractivity contribution in [2.45, 2.75) is 18.9 Å². The number of aromatic nitrogens is 3.